The molecule has 0 aromatic carbocycles. The second-order valence-electron chi connectivity index (χ2n) is 2.15. The van der Waals surface area contributed by atoms with Crippen LogP contribution in [0.3, 0.4) is 0 Å². The van der Waals surface area contributed by atoms with Gasteiger partial charge in [-0.05, 0) is 6.07 Å². The average molecular weight is 137 g/mol. The molecule has 0 amide bonds. The van der Waals surface area contributed by atoms with E-state index in [1.807, 2.05) is 4.57 Å². The molecule has 1 aromatic heterocycles. The minimum absolute atomic E-state index is 0.296. The zero-order chi connectivity index (χ0) is 6.97. The fourth-order valence-electron chi connectivity index (χ4n) is 0.993. The number of fused-ring (bicyclic) bond motifs is 1. The first kappa shape index (κ1) is 5.41. The Kier molecular flexibility index (Phi) is 0.974. The maximum Gasteiger partial charge on any atom is 0.140 e. The van der Waals surface area contributed by atoms with Gasteiger partial charge in [-0.3, -0.25) is 0 Å². The Morgan fingerprint density at radius 2 is 2.50 bits per heavy atom. The Labute approximate surface area is 58.2 Å². The first-order chi connectivity index (χ1) is 4.88. The maximum absolute atomic E-state index is 9.16. The number of ether oxygens (including phenoxy) is 1. The molecule has 0 saturated carbocycles. The van der Waals surface area contributed by atoms with Gasteiger partial charge in [0, 0.05) is 12.4 Å². The lowest BCUT2D eigenvalue weighted by molar-refractivity contribution is 0.220. The zero-order valence-corrected chi connectivity index (χ0v) is 5.32. The molecule has 0 radical (unpaired) electrons. The van der Waals surface area contributed by atoms with Crippen LogP contribution in [0.5, 0.6) is 5.75 Å². The number of rotatable bonds is 0. The smallest absolute Gasteiger partial charge is 0.140 e. The normalized spacial score (nSPS) is 14.4. The van der Waals surface area contributed by atoms with Crippen LogP contribution in [0.4, 0.5) is 0 Å². The highest BCUT2D eigenvalue weighted by Gasteiger charge is 2.08. The van der Waals surface area contributed by atoms with E-state index in [0.29, 0.717) is 12.4 Å². The molecule has 2 rings (SSSR count). The van der Waals surface area contributed by atoms with E-state index in [1.165, 1.54) is 0 Å². The Morgan fingerprint density at radius 3 is 3.30 bits per heavy atom. The summed E-state index contributed by atoms with van der Waals surface area (Å²) in [5.74, 6) is 0.296. The van der Waals surface area contributed by atoms with Gasteiger partial charge in [0.25, 0.3) is 0 Å². The van der Waals surface area contributed by atoms with Crippen LogP contribution < -0.4 is 0 Å². The van der Waals surface area contributed by atoms with E-state index in [1.54, 1.807) is 24.7 Å². The Hall–Kier alpha value is -1.38. The topological polar surface area (TPSA) is 34.4 Å². The van der Waals surface area contributed by atoms with Crippen LogP contribution >= 0.6 is 0 Å². The molecular weight excluding hydrogens is 130 g/mol. The van der Waals surface area contributed by atoms with E-state index in [-0.39, 0.29) is 0 Å². The summed E-state index contributed by atoms with van der Waals surface area (Å²) in [4.78, 5) is 0. The van der Waals surface area contributed by atoms with Crippen LogP contribution in [0.25, 0.3) is 6.20 Å². The number of hydrogen-bond acceptors (Lipinski definition) is 2. The second kappa shape index (κ2) is 1.80. The monoisotopic (exact) mass is 137 g/mol. The molecule has 3 heteroatoms. The highest BCUT2D eigenvalue weighted by atomic mass is 16.5. The molecule has 0 aliphatic carbocycles. The van der Waals surface area contributed by atoms with Crippen LogP contribution in [0, 0.1) is 0 Å². The molecule has 2 heterocycles. The third kappa shape index (κ3) is 0.603. The average Bonchev–Trinajstić information content (AvgIpc) is 2.34. The summed E-state index contributed by atoms with van der Waals surface area (Å²) in [6.07, 6.45) is 5.16. The summed E-state index contributed by atoms with van der Waals surface area (Å²) in [6, 6.07) is 1.65. The number of hydrogen-bond donors (Lipinski definition) is 1. The molecule has 1 aliphatic rings. The van der Waals surface area contributed by atoms with Crippen LogP contribution in [-0.2, 0) is 11.3 Å². The van der Waals surface area contributed by atoms with Crippen molar-refractivity contribution in [2.75, 3.05) is 0 Å². The van der Waals surface area contributed by atoms with Crippen molar-refractivity contribution in [3.05, 3.63) is 24.2 Å². The number of nitrogens with zero attached hydrogens (tertiary/aromatic N) is 1. The van der Waals surface area contributed by atoms with Crippen molar-refractivity contribution in [2.24, 2.45) is 0 Å². The van der Waals surface area contributed by atoms with E-state index < -0.39 is 0 Å². The highest BCUT2D eigenvalue weighted by Crippen LogP contribution is 2.21. The minimum Gasteiger partial charge on any atom is -0.506 e. The van der Waals surface area contributed by atoms with Crippen LogP contribution in [-0.4, -0.2) is 9.67 Å². The van der Waals surface area contributed by atoms with Gasteiger partial charge in [0.15, 0.2) is 0 Å². The SMILES string of the molecule is Oc1ccn2c1COC=C2. The van der Waals surface area contributed by atoms with Crippen molar-refractivity contribution < 1.29 is 9.84 Å². The van der Waals surface area contributed by atoms with Gasteiger partial charge in [-0.1, -0.05) is 0 Å². The lowest BCUT2D eigenvalue weighted by Gasteiger charge is -2.09. The molecule has 0 atom stereocenters. The largest absolute Gasteiger partial charge is 0.506 e. The molecule has 52 valence electrons. The first-order valence-corrected chi connectivity index (χ1v) is 3.05. The predicted octanol–water partition coefficient (Wildman–Crippen LogP) is 1.15. The van der Waals surface area contributed by atoms with E-state index in [9.17, 15) is 0 Å². The van der Waals surface area contributed by atoms with Gasteiger partial charge in [0.2, 0.25) is 0 Å². The van der Waals surface area contributed by atoms with Crippen molar-refractivity contribution in [1.29, 1.82) is 0 Å². The van der Waals surface area contributed by atoms with Gasteiger partial charge in [-0.15, -0.1) is 0 Å². The lowest BCUT2D eigenvalue weighted by Crippen LogP contribution is -2.00. The first-order valence-electron chi connectivity index (χ1n) is 3.05. The molecule has 1 N–H and O–H groups in total. The fourth-order valence-corrected chi connectivity index (χ4v) is 0.993. The van der Waals surface area contributed by atoms with E-state index in [0.717, 1.165) is 5.69 Å². The third-order valence-electron chi connectivity index (χ3n) is 1.54. The molecule has 0 fully saturated rings. The van der Waals surface area contributed by atoms with Crippen molar-refractivity contribution in [2.45, 2.75) is 6.61 Å². The third-order valence-corrected chi connectivity index (χ3v) is 1.54. The summed E-state index contributed by atoms with van der Waals surface area (Å²) in [5.41, 5.74) is 0.808. The van der Waals surface area contributed by atoms with Crippen LogP contribution in [0.1, 0.15) is 5.69 Å². The molecule has 0 spiro atoms. The van der Waals surface area contributed by atoms with Gasteiger partial charge < -0.3 is 14.4 Å². The van der Waals surface area contributed by atoms with Gasteiger partial charge >= 0.3 is 0 Å². The zero-order valence-electron chi connectivity index (χ0n) is 5.32. The molecule has 10 heavy (non-hydrogen) atoms. The quantitative estimate of drug-likeness (QED) is 0.582. The number of aromatic nitrogens is 1. The molecule has 0 bridgehead atoms. The van der Waals surface area contributed by atoms with E-state index in [2.05, 4.69) is 0 Å². The van der Waals surface area contributed by atoms with E-state index >= 15 is 0 Å². The summed E-state index contributed by atoms with van der Waals surface area (Å²) in [6.45, 7) is 0.454. The van der Waals surface area contributed by atoms with Gasteiger partial charge in [-0.25, -0.2) is 0 Å². The van der Waals surface area contributed by atoms with Crippen molar-refractivity contribution >= 4 is 6.20 Å². The van der Waals surface area contributed by atoms with Crippen molar-refractivity contribution in [3.63, 3.8) is 0 Å². The Morgan fingerprint density at radius 1 is 1.60 bits per heavy atom. The predicted molar refractivity (Wildman–Crippen MR) is 36.2 cm³/mol. The van der Waals surface area contributed by atoms with Crippen molar-refractivity contribution in [1.82, 2.24) is 4.57 Å². The Balaban J connectivity index is 2.57. The van der Waals surface area contributed by atoms with Gasteiger partial charge in [0.05, 0.1) is 0 Å². The summed E-state index contributed by atoms with van der Waals surface area (Å²) < 4.78 is 6.81. The second-order valence-corrected chi connectivity index (χ2v) is 2.15. The standard InChI is InChI=1S/C7H7NO2/c9-7-1-2-8-3-4-10-5-6(7)8/h1-4,9H,5H2. The Bertz CT molecular complexity index is 275. The minimum atomic E-state index is 0.296. The lowest BCUT2D eigenvalue weighted by atomic mass is 10.4. The van der Waals surface area contributed by atoms with Crippen LogP contribution in [0.2, 0.25) is 0 Å². The fraction of sp³-hybridized carbons (Fsp3) is 0.143. The molecule has 0 unspecified atom stereocenters. The molecule has 1 aliphatic heterocycles. The molecule has 0 saturated heterocycles. The molecular formula is C7H7NO2. The van der Waals surface area contributed by atoms with E-state index in [4.69, 9.17) is 9.84 Å². The summed E-state index contributed by atoms with van der Waals surface area (Å²) in [5, 5.41) is 9.16. The molecule has 3 nitrogen and oxygen atoms in total. The summed E-state index contributed by atoms with van der Waals surface area (Å²) in [7, 11) is 0. The van der Waals surface area contributed by atoms with Gasteiger partial charge in [-0.2, -0.15) is 0 Å². The van der Waals surface area contributed by atoms with Gasteiger partial charge in [0.1, 0.15) is 24.3 Å². The summed E-state index contributed by atoms with van der Waals surface area (Å²) >= 11 is 0. The maximum atomic E-state index is 9.16. The highest BCUT2D eigenvalue weighted by molar-refractivity contribution is 5.37. The molecule has 1 aromatic rings. The number of aromatic hydroxyl groups is 1. The van der Waals surface area contributed by atoms with Crippen molar-refractivity contribution in [3.8, 4) is 5.75 Å². The van der Waals surface area contributed by atoms with Crippen LogP contribution in [0.15, 0.2) is 18.5 Å².